The molecule has 1 aromatic rings. The molecule has 0 fully saturated rings. The Morgan fingerprint density at radius 2 is 1.62 bits per heavy atom. The number of aliphatic hydroxyl groups is 1. The van der Waals surface area contributed by atoms with E-state index in [0.29, 0.717) is 0 Å². The highest BCUT2D eigenvalue weighted by molar-refractivity contribution is 5.23. The van der Waals surface area contributed by atoms with Gasteiger partial charge in [0.25, 0.3) is 0 Å². The van der Waals surface area contributed by atoms with Crippen molar-refractivity contribution in [1.82, 2.24) is 5.32 Å². The zero-order chi connectivity index (χ0) is 12.3. The third-order valence-electron chi connectivity index (χ3n) is 2.37. The van der Waals surface area contributed by atoms with Gasteiger partial charge in [-0.25, -0.2) is 8.78 Å². The van der Waals surface area contributed by atoms with Gasteiger partial charge < -0.3 is 10.4 Å². The summed E-state index contributed by atoms with van der Waals surface area (Å²) in [6, 6.07) is 3.29. The molecule has 1 aromatic carbocycles. The summed E-state index contributed by atoms with van der Waals surface area (Å²) < 4.78 is 26.7. The van der Waals surface area contributed by atoms with Gasteiger partial charge in [-0.2, -0.15) is 0 Å². The molecule has 16 heavy (non-hydrogen) atoms. The van der Waals surface area contributed by atoms with E-state index in [9.17, 15) is 13.9 Å². The van der Waals surface area contributed by atoms with Gasteiger partial charge in [0.1, 0.15) is 11.6 Å². The largest absolute Gasteiger partial charge is 0.387 e. The Labute approximate surface area is 94.3 Å². The van der Waals surface area contributed by atoms with Gasteiger partial charge in [-0.1, -0.05) is 19.9 Å². The Hall–Kier alpha value is -1.00. The molecule has 1 rings (SSSR count). The summed E-state index contributed by atoms with van der Waals surface area (Å²) in [6.07, 6.45) is -1.19. The van der Waals surface area contributed by atoms with Crippen LogP contribution in [0.25, 0.3) is 0 Å². The third-order valence-corrected chi connectivity index (χ3v) is 2.37. The van der Waals surface area contributed by atoms with E-state index in [2.05, 4.69) is 5.32 Å². The fourth-order valence-corrected chi connectivity index (χ4v) is 1.66. The molecule has 0 aliphatic carbocycles. The molecule has 0 amide bonds. The maximum absolute atomic E-state index is 13.4. The zero-order valence-corrected chi connectivity index (χ0v) is 9.67. The summed E-state index contributed by atoms with van der Waals surface area (Å²) in [6.45, 7) is 5.50. The van der Waals surface area contributed by atoms with E-state index in [-0.39, 0.29) is 11.6 Å². The van der Waals surface area contributed by atoms with Gasteiger partial charge in [0.05, 0.1) is 11.7 Å². The molecule has 2 unspecified atom stereocenters. The zero-order valence-electron chi connectivity index (χ0n) is 9.67. The van der Waals surface area contributed by atoms with E-state index in [1.165, 1.54) is 6.07 Å². The van der Waals surface area contributed by atoms with Crippen molar-refractivity contribution < 1.29 is 13.9 Å². The summed E-state index contributed by atoms with van der Waals surface area (Å²) >= 11 is 0. The van der Waals surface area contributed by atoms with Crippen LogP contribution in [0.1, 0.15) is 32.4 Å². The fraction of sp³-hybridized carbons (Fsp3) is 0.500. The molecule has 0 saturated carbocycles. The van der Waals surface area contributed by atoms with Gasteiger partial charge in [0.2, 0.25) is 0 Å². The van der Waals surface area contributed by atoms with Gasteiger partial charge in [-0.05, 0) is 19.1 Å². The average molecular weight is 229 g/mol. The summed E-state index contributed by atoms with van der Waals surface area (Å²) in [4.78, 5) is 0. The quantitative estimate of drug-likeness (QED) is 0.830. The van der Waals surface area contributed by atoms with Crippen LogP contribution in [0.2, 0.25) is 0 Å². The Kier molecular flexibility index (Phi) is 4.38. The lowest BCUT2D eigenvalue weighted by Crippen LogP contribution is -2.37. The molecule has 90 valence electrons. The highest BCUT2D eigenvalue weighted by Crippen LogP contribution is 2.23. The van der Waals surface area contributed by atoms with Crippen molar-refractivity contribution in [2.24, 2.45) is 0 Å². The first-order chi connectivity index (χ1) is 7.43. The number of nitrogens with one attached hydrogen (secondary N) is 1. The maximum Gasteiger partial charge on any atom is 0.132 e. The highest BCUT2D eigenvalue weighted by atomic mass is 19.1. The van der Waals surface area contributed by atoms with Gasteiger partial charge in [-0.15, -0.1) is 0 Å². The molecule has 0 bridgehead atoms. The van der Waals surface area contributed by atoms with Gasteiger partial charge >= 0.3 is 0 Å². The molecule has 2 N–H and O–H groups in total. The minimum atomic E-state index is -1.19. The van der Waals surface area contributed by atoms with Crippen molar-refractivity contribution in [1.29, 1.82) is 0 Å². The van der Waals surface area contributed by atoms with Crippen LogP contribution in [0.15, 0.2) is 18.2 Å². The number of aliphatic hydroxyl groups excluding tert-OH is 1. The molecule has 0 aliphatic rings. The molecule has 0 radical (unpaired) electrons. The summed E-state index contributed by atoms with van der Waals surface area (Å²) in [5.41, 5.74) is -0.275. The number of hydrogen-bond donors (Lipinski definition) is 2. The number of rotatable bonds is 4. The van der Waals surface area contributed by atoms with Crippen molar-refractivity contribution in [3.05, 3.63) is 35.4 Å². The normalized spacial score (nSPS) is 15.2. The molecular weight excluding hydrogens is 212 g/mol. The van der Waals surface area contributed by atoms with Crippen LogP contribution in [-0.2, 0) is 0 Å². The van der Waals surface area contributed by atoms with Crippen LogP contribution < -0.4 is 5.32 Å². The fourth-order valence-electron chi connectivity index (χ4n) is 1.66. The smallest absolute Gasteiger partial charge is 0.132 e. The predicted molar refractivity (Wildman–Crippen MR) is 59.1 cm³/mol. The first kappa shape index (κ1) is 13.1. The predicted octanol–water partition coefficient (Wildman–Crippen LogP) is 2.38. The Morgan fingerprint density at radius 3 is 2.06 bits per heavy atom. The molecule has 0 aromatic heterocycles. The average Bonchev–Trinajstić information content (AvgIpc) is 2.16. The summed E-state index contributed by atoms with van der Waals surface area (Å²) in [7, 11) is 0. The second kappa shape index (κ2) is 5.37. The van der Waals surface area contributed by atoms with E-state index in [0.717, 1.165) is 12.1 Å². The van der Waals surface area contributed by atoms with Crippen molar-refractivity contribution in [3.8, 4) is 0 Å². The van der Waals surface area contributed by atoms with Crippen LogP contribution >= 0.6 is 0 Å². The Morgan fingerprint density at radius 1 is 1.12 bits per heavy atom. The van der Waals surface area contributed by atoms with Crippen LogP contribution in [0.3, 0.4) is 0 Å². The van der Waals surface area contributed by atoms with Crippen LogP contribution in [0.5, 0.6) is 0 Å². The van der Waals surface area contributed by atoms with Gasteiger partial charge in [0, 0.05) is 12.1 Å². The first-order valence-corrected chi connectivity index (χ1v) is 5.31. The van der Waals surface area contributed by atoms with E-state index >= 15 is 0 Å². The molecule has 0 saturated heterocycles. The van der Waals surface area contributed by atoms with Crippen molar-refractivity contribution in [3.63, 3.8) is 0 Å². The minimum Gasteiger partial charge on any atom is -0.387 e. The monoisotopic (exact) mass is 229 g/mol. The molecule has 4 heteroatoms. The summed E-state index contributed by atoms with van der Waals surface area (Å²) in [5.74, 6) is -1.44. The molecular formula is C12H17F2NO. The van der Waals surface area contributed by atoms with Crippen LogP contribution in [0, 0.1) is 11.6 Å². The highest BCUT2D eigenvalue weighted by Gasteiger charge is 2.23. The topological polar surface area (TPSA) is 32.3 Å². The maximum atomic E-state index is 13.4. The van der Waals surface area contributed by atoms with E-state index in [1.807, 2.05) is 13.8 Å². The number of hydrogen-bond acceptors (Lipinski definition) is 2. The third kappa shape index (κ3) is 3.00. The van der Waals surface area contributed by atoms with Crippen molar-refractivity contribution in [2.45, 2.75) is 39.0 Å². The SMILES string of the molecule is CC(C)NC(C)C(O)c1c(F)cccc1F. The molecule has 2 nitrogen and oxygen atoms in total. The first-order valence-electron chi connectivity index (χ1n) is 5.31. The number of halogens is 2. The second-order valence-electron chi connectivity index (χ2n) is 4.19. The lowest BCUT2D eigenvalue weighted by molar-refractivity contribution is 0.123. The van der Waals surface area contributed by atoms with Crippen molar-refractivity contribution >= 4 is 0 Å². The Bertz CT molecular complexity index is 335. The van der Waals surface area contributed by atoms with Crippen LogP contribution in [-0.4, -0.2) is 17.2 Å². The van der Waals surface area contributed by atoms with Crippen molar-refractivity contribution in [2.75, 3.05) is 0 Å². The standard InChI is InChI=1S/C12H17F2NO/c1-7(2)15-8(3)12(16)11-9(13)5-4-6-10(11)14/h4-8,12,15-16H,1-3H3. The van der Waals surface area contributed by atoms with Gasteiger partial charge in [-0.3, -0.25) is 0 Å². The minimum absolute atomic E-state index is 0.138. The molecule has 0 aliphatic heterocycles. The van der Waals surface area contributed by atoms with Crippen LogP contribution in [0.4, 0.5) is 8.78 Å². The Balaban J connectivity index is 2.91. The van der Waals surface area contributed by atoms with E-state index < -0.39 is 23.8 Å². The van der Waals surface area contributed by atoms with E-state index in [4.69, 9.17) is 0 Å². The second-order valence-corrected chi connectivity index (χ2v) is 4.19. The van der Waals surface area contributed by atoms with E-state index in [1.54, 1.807) is 6.92 Å². The number of benzene rings is 1. The lowest BCUT2D eigenvalue weighted by Gasteiger charge is -2.23. The molecule has 0 heterocycles. The molecule has 2 atom stereocenters. The lowest BCUT2D eigenvalue weighted by atomic mass is 10.0. The summed E-state index contributed by atoms with van der Waals surface area (Å²) in [5, 5.41) is 12.9. The molecule has 0 spiro atoms. The van der Waals surface area contributed by atoms with Gasteiger partial charge in [0.15, 0.2) is 0 Å².